The van der Waals surface area contributed by atoms with E-state index in [0.717, 1.165) is 31.4 Å². The molecule has 0 unspecified atom stereocenters. The second-order valence-electron chi connectivity index (χ2n) is 4.50. The molecule has 2 atom stereocenters. The molecular formula is C12H15NO2. The fraction of sp³-hybridized carbons (Fsp3) is 0.500. The topological polar surface area (TPSA) is 52.5 Å². The minimum absolute atomic E-state index is 0.0122. The Hall–Kier alpha value is -1.22. The van der Waals surface area contributed by atoms with Crippen LogP contribution in [0, 0.1) is 0 Å². The molecule has 1 fully saturated rings. The standard InChI is InChI=1S/C12H15NO2/c14-11-4-2-7-8-5-6-13-10(8)3-1-9(7)12(11)15/h2,4,8,10,13-15H,1,3,5-6H2/t8-,10+/m1/s1. The van der Waals surface area contributed by atoms with E-state index in [1.165, 1.54) is 5.56 Å². The van der Waals surface area contributed by atoms with E-state index in [1.807, 2.05) is 6.07 Å². The summed E-state index contributed by atoms with van der Waals surface area (Å²) in [6, 6.07) is 4.14. The van der Waals surface area contributed by atoms with Crippen LogP contribution in [-0.4, -0.2) is 22.8 Å². The van der Waals surface area contributed by atoms with E-state index in [0.29, 0.717) is 12.0 Å². The van der Waals surface area contributed by atoms with Crippen LogP contribution in [0.15, 0.2) is 12.1 Å². The first-order valence-corrected chi connectivity index (χ1v) is 5.54. The molecule has 0 bridgehead atoms. The zero-order valence-electron chi connectivity index (χ0n) is 8.53. The fourth-order valence-corrected chi connectivity index (χ4v) is 2.99. The van der Waals surface area contributed by atoms with Crippen molar-refractivity contribution in [3.8, 4) is 11.5 Å². The summed E-state index contributed by atoms with van der Waals surface area (Å²) in [5, 5.41) is 22.7. The van der Waals surface area contributed by atoms with Gasteiger partial charge in [0.1, 0.15) is 0 Å². The van der Waals surface area contributed by atoms with Crippen LogP contribution in [0.3, 0.4) is 0 Å². The van der Waals surface area contributed by atoms with Gasteiger partial charge >= 0.3 is 0 Å². The number of phenolic OH excluding ortho intramolecular Hbond substituents is 2. The molecule has 0 saturated carbocycles. The zero-order valence-corrected chi connectivity index (χ0v) is 8.53. The SMILES string of the molecule is Oc1ccc2c(c1O)CC[C@@H]1NCC[C@H]21. The molecule has 0 aromatic heterocycles. The second kappa shape index (κ2) is 3.14. The highest BCUT2D eigenvalue weighted by molar-refractivity contribution is 5.52. The molecule has 1 heterocycles. The molecule has 3 heteroatoms. The van der Waals surface area contributed by atoms with E-state index >= 15 is 0 Å². The molecule has 2 aliphatic rings. The van der Waals surface area contributed by atoms with Gasteiger partial charge in [0.25, 0.3) is 0 Å². The molecule has 1 aromatic rings. The Bertz CT molecular complexity index is 403. The maximum atomic E-state index is 9.79. The van der Waals surface area contributed by atoms with E-state index in [-0.39, 0.29) is 11.5 Å². The third-order valence-electron chi connectivity index (χ3n) is 3.75. The molecule has 1 aliphatic heterocycles. The number of fused-ring (bicyclic) bond motifs is 3. The lowest BCUT2D eigenvalue weighted by molar-refractivity contribution is 0.388. The number of aromatic hydroxyl groups is 2. The Labute approximate surface area is 88.7 Å². The van der Waals surface area contributed by atoms with Crippen molar-refractivity contribution in [1.29, 1.82) is 0 Å². The highest BCUT2D eigenvalue weighted by atomic mass is 16.3. The maximum absolute atomic E-state index is 9.79. The summed E-state index contributed by atoms with van der Waals surface area (Å²) >= 11 is 0. The Morgan fingerprint density at radius 2 is 2.07 bits per heavy atom. The van der Waals surface area contributed by atoms with E-state index in [2.05, 4.69) is 5.32 Å². The third-order valence-corrected chi connectivity index (χ3v) is 3.75. The van der Waals surface area contributed by atoms with Crippen molar-refractivity contribution in [2.24, 2.45) is 0 Å². The van der Waals surface area contributed by atoms with Gasteiger partial charge in [-0.25, -0.2) is 0 Å². The first-order valence-electron chi connectivity index (χ1n) is 5.54. The van der Waals surface area contributed by atoms with Gasteiger partial charge in [0.15, 0.2) is 11.5 Å². The summed E-state index contributed by atoms with van der Waals surface area (Å²) in [7, 11) is 0. The Morgan fingerprint density at radius 1 is 1.20 bits per heavy atom. The van der Waals surface area contributed by atoms with Crippen molar-refractivity contribution in [3.63, 3.8) is 0 Å². The minimum Gasteiger partial charge on any atom is -0.504 e. The fourth-order valence-electron chi connectivity index (χ4n) is 2.99. The number of phenols is 2. The van der Waals surface area contributed by atoms with Crippen molar-refractivity contribution in [1.82, 2.24) is 5.32 Å². The van der Waals surface area contributed by atoms with Crippen LogP contribution in [0.2, 0.25) is 0 Å². The normalized spacial score (nSPS) is 28.5. The lowest BCUT2D eigenvalue weighted by Crippen LogP contribution is -2.30. The predicted molar refractivity (Wildman–Crippen MR) is 57.2 cm³/mol. The van der Waals surface area contributed by atoms with E-state index < -0.39 is 0 Å². The van der Waals surface area contributed by atoms with Crippen molar-refractivity contribution in [3.05, 3.63) is 23.3 Å². The van der Waals surface area contributed by atoms with E-state index in [9.17, 15) is 10.2 Å². The first kappa shape index (κ1) is 9.04. The van der Waals surface area contributed by atoms with Crippen molar-refractivity contribution < 1.29 is 10.2 Å². The van der Waals surface area contributed by atoms with Gasteiger partial charge in [0, 0.05) is 17.5 Å². The molecular weight excluding hydrogens is 190 g/mol. The van der Waals surface area contributed by atoms with E-state index in [1.54, 1.807) is 6.07 Å². The summed E-state index contributed by atoms with van der Waals surface area (Å²) < 4.78 is 0. The molecule has 1 aliphatic carbocycles. The summed E-state index contributed by atoms with van der Waals surface area (Å²) in [6.07, 6.45) is 3.07. The van der Waals surface area contributed by atoms with Crippen LogP contribution in [0.1, 0.15) is 29.9 Å². The van der Waals surface area contributed by atoms with Crippen LogP contribution < -0.4 is 5.32 Å². The van der Waals surface area contributed by atoms with Crippen molar-refractivity contribution >= 4 is 0 Å². The van der Waals surface area contributed by atoms with Crippen LogP contribution in [-0.2, 0) is 6.42 Å². The second-order valence-corrected chi connectivity index (χ2v) is 4.50. The zero-order chi connectivity index (χ0) is 10.4. The number of hydrogen-bond acceptors (Lipinski definition) is 3. The molecule has 0 radical (unpaired) electrons. The summed E-state index contributed by atoms with van der Waals surface area (Å²) in [6.45, 7) is 1.07. The number of nitrogens with one attached hydrogen (secondary N) is 1. The number of benzene rings is 1. The Kier molecular flexibility index (Phi) is 1.89. The van der Waals surface area contributed by atoms with Gasteiger partial charge in [-0.1, -0.05) is 6.07 Å². The van der Waals surface area contributed by atoms with Gasteiger partial charge < -0.3 is 15.5 Å². The molecule has 80 valence electrons. The van der Waals surface area contributed by atoms with Crippen molar-refractivity contribution in [2.75, 3.05) is 6.54 Å². The maximum Gasteiger partial charge on any atom is 0.160 e. The Balaban J connectivity index is 2.11. The van der Waals surface area contributed by atoms with Gasteiger partial charge in [-0.2, -0.15) is 0 Å². The third kappa shape index (κ3) is 1.23. The van der Waals surface area contributed by atoms with E-state index in [4.69, 9.17) is 0 Å². The average Bonchev–Trinajstić information content (AvgIpc) is 2.71. The molecule has 15 heavy (non-hydrogen) atoms. The first-order chi connectivity index (χ1) is 7.27. The van der Waals surface area contributed by atoms with Gasteiger partial charge in [0.2, 0.25) is 0 Å². The number of hydrogen-bond donors (Lipinski definition) is 3. The lowest BCUT2D eigenvalue weighted by atomic mass is 9.79. The van der Waals surface area contributed by atoms with Gasteiger partial charge in [-0.3, -0.25) is 0 Å². The molecule has 1 aromatic carbocycles. The predicted octanol–water partition coefficient (Wildman–Crippen LogP) is 1.49. The van der Waals surface area contributed by atoms with Gasteiger partial charge in [0.05, 0.1) is 0 Å². The van der Waals surface area contributed by atoms with Gasteiger partial charge in [-0.05, 0) is 37.4 Å². The number of rotatable bonds is 0. The molecule has 3 nitrogen and oxygen atoms in total. The van der Waals surface area contributed by atoms with Crippen LogP contribution >= 0.6 is 0 Å². The monoisotopic (exact) mass is 205 g/mol. The highest BCUT2D eigenvalue weighted by Gasteiger charge is 2.34. The van der Waals surface area contributed by atoms with Gasteiger partial charge in [-0.15, -0.1) is 0 Å². The average molecular weight is 205 g/mol. The molecule has 0 spiro atoms. The lowest BCUT2D eigenvalue weighted by Gasteiger charge is -2.28. The summed E-state index contributed by atoms with van der Waals surface area (Å²) in [5.74, 6) is 0.635. The molecule has 3 N–H and O–H groups in total. The minimum atomic E-state index is 0.0122. The molecule has 0 amide bonds. The molecule has 3 rings (SSSR count). The summed E-state index contributed by atoms with van der Waals surface area (Å²) in [4.78, 5) is 0. The van der Waals surface area contributed by atoms with Crippen LogP contribution in [0.5, 0.6) is 11.5 Å². The van der Waals surface area contributed by atoms with Crippen LogP contribution in [0.25, 0.3) is 0 Å². The quantitative estimate of drug-likeness (QED) is 0.562. The highest BCUT2D eigenvalue weighted by Crippen LogP contribution is 2.43. The summed E-state index contributed by atoms with van der Waals surface area (Å²) in [5.41, 5.74) is 2.19. The van der Waals surface area contributed by atoms with Crippen molar-refractivity contribution in [2.45, 2.75) is 31.2 Å². The smallest absolute Gasteiger partial charge is 0.160 e. The molecule has 1 saturated heterocycles. The van der Waals surface area contributed by atoms with Crippen LogP contribution in [0.4, 0.5) is 0 Å². The largest absolute Gasteiger partial charge is 0.504 e. The Morgan fingerprint density at radius 3 is 2.93 bits per heavy atom.